The summed E-state index contributed by atoms with van der Waals surface area (Å²) >= 11 is 2.17. The van der Waals surface area contributed by atoms with Crippen LogP contribution in [0.25, 0.3) is 11.0 Å². The molecule has 3 aromatic carbocycles. The molecule has 0 fully saturated rings. The van der Waals surface area contributed by atoms with Crippen molar-refractivity contribution < 1.29 is 13.9 Å². The molecule has 152 valence electrons. The van der Waals surface area contributed by atoms with E-state index in [0.717, 1.165) is 20.1 Å². The zero-order valence-electron chi connectivity index (χ0n) is 16.2. The number of benzene rings is 3. The molecule has 0 spiro atoms. The number of nitrogens with zero attached hydrogens (tertiary/aromatic N) is 2. The van der Waals surface area contributed by atoms with E-state index in [1.54, 1.807) is 24.4 Å². The highest BCUT2D eigenvalue weighted by atomic mass is 127. The Balaban J connectivity index is 1.38. The normalized spacial score (nSPS) is 10.8. The van der Waals surface area contributed by atoms with Crippen LogP contribution in [-0.4, -0.2) is 12.1 Å². The molecule has 0 unspecified atom stereocenters. The van der Waals surface area contributed by atoms with Gasteiger partial charge in [0.15, 0.2) is 5.76 Å². The van der Waals surface area contributed by atoms with Crippen molar-refractivity contribution in [3.05, 3.63) is 98.8 Å². The molecule has 1 heterocycles. The van der Waals surface area contributed by atoms with Crippen LogP contribution in [-0.2, 0) is 6.61 Å². The van der Waals surface area contributed by atoms with Crippen molar-refractivity contribution in [2.24, 2.45) is 5.10 Å². The van der Waals surface area contributed by atoms with Gasteiger partial charge in [0.2, 0.25) is 0 Å². The first-order valence-electron chi connectivity index (χ1n) is 9.36. The van der Waals surface area contributed by atoms with Crippen LogP contribution < -0.4 is 10.2 Å². The van der Waals surface area contributed by atoms with Crippen molar-refractivity contribution in [2.45, 2.75) is 6.61 Å². The van der Waals surface area contributed by atoms with E-state index in [0.29, 0.717) is 23.5 Å². The highest BCUT2D eigenvalue weighted by Gasteiger charge is 2.11. The summed E-state index contributed by atoms with van der Waals surface area (Å²) in [6.45, 7) is 0.306. The highest BCUT2D eigenvalue weighted by molar-refractivity contribution is 14.1. The maximum Gasteiger partial charge on any atom is 0.307 e. The first kappa shape index (κ1) is 20.6. The monoisotopic (exact) mass is 521 g/mol. The van der Waals surface area contributed by atoms with Crippen molar-refractivity contribution in [2.75, 3.05) is 0 Å². The number of hydrogen-bond acceptors (Lipinski definition) is 5. The Kier molecular flexibility index (Phi) is 6.29. The van der Waals surface area contributed by atoms with Crippen molar-refractivity contribution >= 4 is 45.7 Å². The minimum atomic E-state index is -0.418. The second-order valence-corrected chi connectivity index (χ2v) is 7.76. The summed E-state index contributed by atoms with van der Waals surface area (Å²) in [5, 5.41) is 14.1. The predicted octanol–water partition coefficient (Wildman–Crippen LogP) is 5.25. The molecule has 0 aliphatic heterocycles. The molecule has 0 aliphatic carbocycles. The lowest BCUT2D eigenvalue weighted by Crippen LogP contribution is -2.16. The van der Waals surface area contributed by atoms with Gasteiger partial charge in [0.25, 0.3) is 0 Å². The molecule has 0 radical (unpaired) electrons. The van der Waals surface area contributed by atoms with Gasteiger partial charge < -0.3 is 9.15 Å². The molecule has 4 rings (SSSR count). The minimum Gasteiger partial charge on any atom is -0.488 e. The van der Waals surface area contributed by atoms with Gasteiger partial charge in [-0.05, 0) is 64.6 Å². The molecule has 1 aromatic heterocycles. The molecule has 0 saturated heterocycles. The van der Waals surface area contributed by atoms with E-state index in [1.165, 1.54) is 0 Å². The molecule has 0 saturated carbocycles. The van der Waals surface area contributed by atoms with E-state index in [2.05, 4.69) is 39.2 Å². The maximum atomic E-state index is 12.2. The number of furan rings is 1. The zero-order chi connectivity index (χ0) is 21.6. The van der Waals surface area contributed by atoms with E-state index >= 15 is 0 Å². The molecule has 1 amide bonds. The lowest BCUT2D eigenvalue weighted by molar-refractivity contribution is 0.0929. The fourth-order valence-electron chi connectivity index (χ4n) is 2.94. The average Bonchev–Trinajstić information content (AvgIpc) is 3.23. The van der Waals surface area contributed by atoms with Crippen molar-refractivity contribution in [3.8, 4) is 11.8 Å². The Morgan fingerprint density at radius 3 is 2.74 bits per heavy atom. The molecule has 0 atom stereocenters. The largest absolute Gasteiger partial charge is 0.488 e. The van der Waals surface area contributed by atoms with E-state index in [9.17, 15) is 10.1 Å². The number of amides is 1. The Hall–Kier alpha value is -3.64. The highest BCUT2D eigenvalue weighted by Crippen LogP contribution is 2.23. The molecule has 1 N–H and O–H groups in total. The lowest BCUT2D eigenvalue weighted by Gasteiger charge is -2.10. The molecule has 4 aromatic rings. The fraction of sp³-hybridized carbons (Fsp3) is 0.0417. The topological polar surface area (TPSA) is 87.6 Å². The summed E-state index contributed by atoms with van der Waals surface area (Å²) in [5.41, 5.74) is 5.36. The van der Waals surface area contributed by atoms with Crippen LogP contribution >= 0.6 is 22.6 Å². The summed E-state index contributed by atoms with van der Waals surface area (Å²) in [6.07, 6.45) is 1.55. The van der Waals surface area contributed by atoms with Gasteiger partial charge in [-0.1, -0.05) is 36.4 Å². The smallest absolute Gasteiger partial charge is 0.307 e. The van der Waals surface area contributed by atoms with Gasteiger partial charge in [-0.15, -0.1) is 0 Å². The molecular formula is C24H16IN3O3. The van der Waals surface area contributed by atoms with E-state index < -0.39 is 5.91 Å². The van der Waals surface area contributed by atoms with Gasteiger partial charge >= 0.3 is 5.91 Å². The van der Waals surface area contributed by atoms with Gasteiger partial charge in [0, 0.05) is 10.9 Å². The van der Waals surface area contributed by atoms with Crippen molar-refractivity contribution in [3.63, 3.8) is 0 Å². The number of carbonyl (C=O) groups is 1. The Morgan fingerprint density at radius 1 is 1.13 bits per heavy atom. The third-order valence-electron chi connectivity index (χ3n) is 4.51. The molecule has 31 heavy (non-hydrogen) atoms. The second-order valence-electron chi connectivity index (χ2n) is 6.60. The first-order valence-corrected chi connectivity index (χ1v) is 10.4. The lowest BCUT2D eigenvalue weighted by atomic mass is 10.1. The first-order chi connectivity index (χ1) is 15.1. The number of nitriles is 1. The molecule has 6 nitrogen and oxygen atoms in total. The summed E-state index contributed by atoms with van der Waals surface area (Å²) in [5.74, 6) is 0.490. The molecule has 0 aliphatic rings. The number of fused-ring (bicyclic) bond motifs is 1. The van der Waals surface area contributed by atoms with Gasteiger partial charge in [0.05, 0.1) is 21.4 Å². The van der Waals surface area contributed by atoms with E-state index in [1.807, 2.05) is 54.6 Å². The van der Waals surface area contributed by atoms with Crippen LogP contribution in [0.15, 0.2) is 82.3 Å². The number of hydrogen-bond donors (Lipinski definition) is 1. The third-order valence-corrected chi connectivity index (χ3v) is 5.35. The summed E-state index contributed by atoms with van der Waals surface area (Å²) < 4.78 is 12.3. The minimum absolute atomic E-state index is 0.203. The SMILES string of the molecule is N#Cc1ccccc1COc1ccc(/C=N/NC(=O)c2cc3ccccc3o2)cc1I. The summed E-state index contributed by atoms with van der Waals surface area (Å²) in [4.78, 5) is 12.2. The average molecular weight is 521 g/mol. The Bertz CT molecular complexity index is 1290. The summed E-state index contributed by atoms with van der Waals surface area (Å²) in [6, 6.07) is 24.2. The standard InChI is InChI=1S/C24H16IN3O3/c25-20-11-16(9-10-22(20)30-15-19-7-2-1-6-18(19)13-26)14-27-28-24(29)23-12-17-5-3-4-8-21(17)31-23/h1-12,14H,15H2,(H,28,29)/b27-14+. The Labute approximate surface area is 192 Å². The number of rotatable bonds is 6. The quantitative estimate of drug-likeness (QED) is 0.213. The maximum absolute atomic E-state index is 12.2. The zero-order valence-corrected chi connectivity index (χ0v) is 18.4. The predicted molar refractivity (Wildman–Crippen MR) is 126 cm³/mol. The number of hydrazone groups is 1. The Morgan fingerprint density at radius 2 is 1.94 bits per heavy atom. The van der Waals surface area contributed by atoms with Crippen LogP contribution in [0.4, 0.5) is 0 Å². The molecule has 7 heteroatoms. The summed E-state index contributed by atoms with van der Waals surface area (Å²) in [7, 11) is 0. The van der Waals surface area contributed by atoms with Crippen molar-refractivity contribution in [1.29, 1.82) is 5.26 Å². The van der Waals surface area contributed by atoms with E-state index in [-0.39, 0.29) is 5.76 Å². The van der Waals surface area contributed by atoms with Crippen LogP contribution in [0.2, 0.25) is 0 Å². The number of para-hydroxylation sites is 1. The fourth-order valence-corrected chi connectivity index (χ4v) is 3.63. The van der Waals surface area contributed by atoms with Crippen LogP contribution in [0.1, 0.15) is 27.2 Å². The number of nitrogens with one attached hydrogen (secondary N) is 1. The van der Waals surface area contributed by atoms with Gasteiger partial charge in [0.1, 0.15) is 17.9 Å². The number of ether oxygens (including phenoxy) is 1. The number of halogens is 1. The second kappa shape index (κ2) is 9.45. The van der Waals surface area contributed by atoms with Crippen LogP contribution in [0, 0.1) is 14.9 Å². The van der Waals surface area contributed by atoms with Gasteiger partial charge in [-0.3, -0.25) is 4.79 Å². The van der Waals surface area contributed by atoms with Crippen LogP contribution in [0.5, 0.6) is 5.75 Å². The van der Waals surface area contributed by atoms with E-state index in [4.69, 9.17) is 9.15 Å². The molecular weight excluding hydrogens is 505 g/mol. The number of carbonyl (C=O) groups excluding carboxylic acids is 1. The third kappa shape index (κ3) is 4.92. The van der Waals surface area contributed by atoms with Gasteiger partial charge in [-0.2, -0.15) is 10.4 Å². The van der Waals surface area contributed by atoms with Gasteiger partial charge in [-0.25, -0.2) is 5.43 Å². The van der Waals surface area contributed by atoms with Crippen molar-refractivity contribution in [1.82, 2.24) is 5.43 Å². The van der Waals surface area contributed by atoms with Crippen LogP contribution in [0.3, 0.4) is 0 Å². The molecule has 0 bridgehead atoms.